The second-order valence-electron chi connectivity index (χ2n) is 6.93. The Kier molecular flexibility index (Phi) is 7.83. The molecule has 36 heavy (non-hydrogen) atoms. The molecule has 3 rings (SSSR count). The van der Waals surface area contributed by atoms with Crippen LogP contribution in [0.5, 0.6) is 17.2 Å². The van der Waals surface area contributed by atoms with Crippen molar-refractivity contribution in [3.8, 4) is 29.0 Å². The van der Waals surface area contributed by atoms with Gasteiger partial charge in [-0.1, -0.05) is 12.1 Å². The summed E-state index contributed by atoms with van der Waals surface area (Å²) in [7, 11) is 0.796. The monoisotopic (exact) mass is 571 g/mol. The van der Waals surface area contributed by atoms with Gasteiger partial charge in [-0.05, 0) is 34.1 Å². The standard InChI is InChI=1S/C22H14BrF4N3O6/c1-29-18(22(25,26)27)10-19(31)30(21(29)33)14-9-17(12(23)8-13(14)24)36-16-5-3-2-4-15(16)35-11-20(32)34-7-6-28/h2-5,8-10H,7,11H2,1H3. The molecule has 0 saturated carbocycles. The molecule has 14 heteroatoms. The number of para-hydroxylation sites is 2. The summed E-state index contributed by atoms with van der Waals surface area (Å²) in [5.41, 5.74) is -4.99. The van der Waals surface area contributed by atoms with Crippen LogP contribution in [0, 0.1) is 17.1 Å². The summed E-state index contributed by atoms with van der Waals surface area (Å²) in [5.74, 6) is -1.99. The Morgan fingerprint density at radius 1 is 1.11 bits per heavy atom. The molecule has 0 atom stereocenters. The van der Waals surface area contributed by atoms with Crippen molar-refractivity contribution in [1.29, 1.82) is 5.26 Å². The van der Waals surface area contributed by atoms with E-state index >= 15 is 0 Å². The van der Waals surface area contributed by atoms with E-state index in [1.54, 1.807) is 18.2 Å². The van der Waals surface area contributed by atoms with Crippen LogP contribution in [-0.4, -0.2) is 28.3 Å². The molecule has 188 valence electrons. The number of carbonyl (C=O) groups excluding carboxylic acids is 1. The average Bonchev–Trinajstić information content (AvgIpc) is 2.81. The van der Waals surface area contributed by atoms with Crippen LogP contribution in [0.15, 0.2) is 56.5 Å². The first-order valence-corrected chi connectivity index (χ1v) is 10.5. The Morgan fingerprint density at radius 2 is 1.78 bits per heavy atom. The lowest BCUT2D eigenvalue weighted by atomic mass is 10.2. The largest absolute Gasteiger partial charge is 0.478 e. The van der Waals surface area contributed by atoms with Gasteiger partial charge in [0.05, 0.1) is 10.2 Å². The molecule has 2 aromatic carbocycles. The van der Waals surface area contributed by atoms with Crippen molar-refractivity contribution in [3.05, 3.63) is 79.3 Å². The molecule has 0 bridgehead atoms. The second-order valence-corrected chi connectivity index (χ2v) is 7.79. The van der Waals surface area contributed by atoms with Gasteiger partial charge in [0.15, 0.2) is 24.7 Å². The van der Waals surface area contributed by atoms with Crippen LogP contribution in [0.3, 0.4) is 0 Å². The summed E-state index contributed by atoms with van der Waals surface area (Å²) in [6.07, 6.45) is -4.98. The predicted molar refractivity (Wildman–Crippen MR) is 119 cm³/mol. The molecule has 0 amide bonds. The number of carbonyl (C=O) groups is 1. The molecule has 0 aliphatic carbocycles. The van der Waals surface area contributed by atoms with E-state index in [0.29, 0.717) is 0 Å². The predicted octanol–water partition coefficient (Wildman–Crippen LogP) is 3.69. The van der Waals surface area contributed by atoms with Gasteiger partial charge in [-0.15, -0.1) is 0 Å². The maximum Gasteiger partial charge on any atom is 0.431 e. The van der Waals surface area contributed by atoms with Gasteiger partial charge in [0, 0.05) is 19.2 Å². The molecule has 0 fully saturated rings. The van der Waals surface area contributed by atoms with Crippen molar-refractivity contribution in [3.63, 3.8) is 0 Å². The first-order valence-electron chi connectivity index (χ1n) is 9.76. The topological polar surface area (TPSA) is 113 Å². The van der Waals surface area contributed by atoms with Crippen LogP contribution >= 0.6 is 15.9 Å². The Hall–Kier alpha value is -4.12. The molecule has 3 aromatic rings. The smallest absolute Gasteiger partial charge is 0.431 e. The molecule has 0 aliphatic rings. The van der Waals surface area contributed by atoms with Crippen molar-refractivity contribution >= 4 is 21.9 Å². The zero-order valence-corrected chi connectivity index (χ0v) is 19.7. The molecule has 0 saturated heterocycles. The van der Waals surface area contributed by atoms with E-state index in [2.05, 4.69) is 20.7 Å². The average molecular weight is 572 g/mol. The van der Waals surface area contributed by atoms with E-state index < -0.39 is 53.8 Å². The fourth-order valence-corrected chi connectivity index (χ4v) is 3.35. The molecule has 1 heterocycles. The Bertz CT molecular complexity index is 1480. The molecule has 9 nitrogen and oxygen atoms in total. The van der Waals surface area contributed by atoms with E-state index in [4.69, 9.17) is 14.7 Å². The van der Waals surface area contributed by atoms with E-state index in [1.165, 1.54) is 12.1 Å². The minimum atomic E-state index is -4.98. The summed E-state index contributed by atoms with van der Waals surface area (Å²) in [5, 5.41) is 8.45. The number of halogens is 5. The number of hydrogen-bond donors (Lipinski definition) is 0. The minimum Gasteiger partial charge on any atom is -0.478 e. The van der Waals surface area contributed by atoms with Gasteiger partial charge >= 0.3 is 17.8 Å². The molecule has 0 aliphatic heterocycles. The van der Waals surface area contributed by atoms with Crippen LogP contribution < -0.4 is 20.7 Å². The fourth-order valence-electron chi connectivity index (χ4n) is 2.95. The van der Waals surface area contributed by atoms with E-state index in [0.717, 1.165) is 19.2 Å². The number of benzene rings is 2. The molecule has 0 N–H and O–H groups in total. The number of hydrogen-bond acceptors (Lipinski definition) is 7. The summed E-state index contributed by atoms with van der Waals surface area (Å²) >= 11 is 3.09. The van der Waals surface area contributed by atoms with Gasteiger partial charge in [0.25, 0.3) is 5.56 Å². The molecular weight excluding hydrogens is 558 g/mol. The lowest BCUT2D eigenvalue weighted by Gasteiger charge is -2.16. The molecule has 1 aromatic heterocycles. The first kappa shape index (κ1) is 26.5. The number of ether oxygens (including phenoxy) is 3. The summed E-state index contributed by atoms with van der Waals surface area (Å²) in [4.78, 5) is 36.5. The summed E-state index contributed by atoms with van der Waals surface area (Å²) in [6.45, 7) is -1.02. The summed E-state index contributed by atoms with van der Waals surface area (Å²) < 4.78 is 70.2. The van der Waals surface area contributed by atoms with Gasteiger partial charge < -0.3 is 14.2 Å². The zero-order valence-electron chi connectivity index (χ0n) is 18.1. The SMILES string of the molecule is Cn1c(C(F)(F)F)cc(=O)n(-c2cc(Oc3ccccc3OCC(=O)OCC#N)c(Br)cc2F)c1=O. The van der Waals surface area contributed by atoms with Gasteiger partial charge in [0.2, 0.25) is 0 Å². The third-order valence-electron chi connectivity index (χ3n) is 4.57. The number of esters is 1. The van der Waals surface area contributed by atoms with Gasteiger partial charge in [-0.2, -0.15) is 18.4 Å². The molecule has 0 radical (unpaired) electrons. The first-order chi connectivity index (χ1) is 16.9. The minimum absolute atomic E-state index is 0.0245. The highest BCUT2D eigenvalue weighted by Crippen LogP contribution is 2.37. The highest BCUT2D eigenvalue weighted by Gasteiger charge is 2.35. The number of nitriles is 1. The number of alkyl halides is 3. The Morgan fingerprint density at radius 3 is 2.42 bits per heavy atom. The van der Waals surface area contributed by atoms with Crippen molar-refractivity contribution in [2.75, 3.05) is 13.2 Å². The third kappa shape index (κ3) is 5.74. The maximum atomic E-state index is 14.8. The van der Waals surface area contributed by atoms with E-state index in [9.17, 15) is 31.9 Å². The second kappa shape index (κ2) is 10.6. The number of rotatable bonds is 7. The van der Waals surface area contributed by atoms with Crippen LogP contribution in [0.4, 0.5) is 17.6 Å². The zero-order chi connectivity index (χ0) is 26.6. The van der Waals surface area contributed by atoms with Crippen LogP contribution in [0.25, 0.3) is 5.69 Å². The summed E-state index contributed by atoms with van der Waals surface area (Å²) in [6, 6.07) is 9.56. The van der Waals surface area contributed by atoms with Gasteiger partial charge in [-0.3, -0.25) is 9.36 Å². The van der Waals surface area contributed by atoms with Crippen LogP contribution in [-0.2, 0) is 22.8 Å². The molecule has 0 spiro atoms. The van der Waals surface area contributed by atoms with Gasteiger partial charge in [0.1, 0.15) is 23.3 Å². The van der Waals surface area contributed by atoms with Crippen molar-refractivity contribution in [2.24, 2.45) is 7.05 Å². The van der Waals surface area contributed by atoms with Crippen molar-refractivity contribution in [2.45, 2.75) is 6.18 Å². The molecular formula is C22H14BrF4N3O6. The lowest BCUT2D eigenvalue weighted by molar-refractivity contribution is -0.145. The highest BCUT2D eigenvalue weighted by molar-refractivity contribution is 9.10. The number of nitrogens with zero attached hydrogens (tertiary/aromatic N) is 3. The van der Waals surface area contributed by atoms with Crippen molar-refractivity contribution in [1.82, 2.24) is 9.13 Å². The normalized spacial score (nSPS) is 11.0. The van der Waals surface area contributed by atoms with Crippen LogP contribution in [0.1, 0.15) is 5.69 Å². The van der Waals surface area contributed by atoms with E-state index in [-0.39, 0.29) is 36.9 Å². The maximum absolute atomic E-state index is 14.8. The lowest BCUT2D eigenvalue weighted by Crippen LogP contribution is -2.41. The highest BCUT2D eigenvalue weighted by atomic mass is 79.9. The van der Waals surface area contributed by atoms with E-state index in [1.807, 2.05) is 0 Å². The Labute approximate surface area is 207 Å². The fraction of sp³-hybridized carbons (Fsp3) is 0.182. The number of aromatic nitrogens is 2. The van der Waals surface area contributed by atoms with Crippen LogP contribution in [0.2, 0.25) is 0 Å². The van der Waals surface area contributed by atoms with Crippen molar-refractivity contribution < 1.29 is 36.6 Å². The Balaban J connectivity index is 2.01. The van der Waals surface area contributed by atoms with Gasteiger partial charge in [-0.25, -0.2) is 18.5 Å². The quantitative estimate of drug-likeness (QED) is 0.314. The molecule has 0 unspecified atom stereocenters. The third-order valence-corrected chi connectivity index (χ3v) is 5.18.